The Morgan fingerprint density at radius 2 is 1.86 bits per heavy atom. The molecule has 5 rings (SSSR count). The van der Waals surface area contributed by atoms with E-state index in [9.17, 15) is 14.7 Å². The van der Waals surface area contributed by atoms with Gasteiger partial charge in [-0.05, 0) is 11.6 Å². The maximum absolute atomic E-state index is 13.2. The number of morpholine rings is 1. The minimum Gasteiger partial charge on any atom is -0.481 e. The summed E-state index contributed by atoms with van der Waals surface area (Å²) in [5.74, 6) is -1.80. The van der Waals surface area contributed by atoms with Gasteiger partial charge < -0.3 is 25.8 Å². The number of carbonyl (C=O) groups is 2. The number of nitrogens with one attached hydrogen (secondary N) is 1. The van der Waals surface area contributed by atoms with Gasteiger partial charge in [-0.15, -0.1) is 0 Å². The number of nitrogens with zero attached hydrogens (tertiary/aromatic N) is 5. The van der Waals surface area contributed by atoms with Crippen LogP contribution in [-0.4, -0.2) is 74.4 Å². The van der Waals surface area contributed by atoms with Crippen molar-refractivity contribution < 1.29 is 19.4 Å². The molecule has 0 saturated carbocycles. The number of nitrogens with two attached hydrogens (primary N) is 1. The number of halogens is 1. The Morgan fingerprint density at radius 1 is 1.11 bits per heavy atom. The number of carbonyl (C=O) groups excluding carboxylic acids is 1. The van der Waals surface area contributed by atoms with E-state index in [1.54, 1.807) is 12.4 Å². The molecule has 2 aromatic heterocycles. The Bertz CT molecular complexity index is 1300. The van der Waals surface area contributed by atoms with E-state index >= 15 is 0 Å². The third kappa shape index (κ3) is 5.50. The second-order valence-corrected chi connectivity index (χ2v) is 10.3. The highest BCUT2D eigenvalue weighted by Crippen LogP contribution is 2.35. The Hall–Kier alpha value is -3.36. The zero-order valence-corrected chi connectivity index (χ0v) is 22.0. The lowest BCUT2D eigenvalue weighted by Crippen LogP contribution is -2.36. The van der Waals surface area contributed by atoms with Crippen molar-refractivity contribution in [2.24, 2.45) is 5.92 Å². The molecule has 0 aliphatic carbocycles. The molecule has 3 aromatic rings. The van der Waals surface area contributed by atoms with Crippen LogP contribution in [0.5, 0.6) is 0 Å². The monoisotopic (exact) mass is 615 g/mol. The third-order valence-corrected chi connectivity index (χ3v) is 7.43. The summed E-state index contributed by atoms with van der Waals surface area (Å²) in [6, 6.07) is 9.40. The normalized spacial score (nSPS) is 20.1. The van der Waals surface area contributed by atoms with Crippen molar-refractivity contribution in [1.82, 2.24) is 18.1 Å². The van der Waals surface area contributed by atoms with Crippen molar-refractivity contribution in [3.63, 3.8) is 0 Å². The Morgan fingerprint density at radius 3 is 2.59 bits per heavy atom. The number of rotatable bonds is 6. The number of benzene rings is 1. The number of pyridine rings is 1. The molecular formula is C25H26IN7O4. The molecule has 4 heterocycles. The number of nitrogen functional groups attached to an aromatic ring is 1. The molecule has 0 spiro atoms. The molecule has 2 aliphatic rings. The predicted octanol–water partition coefficient (Wildman–Crippen LogP) is 2.66. The van der Waals surface area contributed by atoms with E-state index in [0.717, 1.165) is 16.8 Å². The summed E-state index contributed by atoms with van der Waals surface area (Å²) in [4.78, 5) is 39.9. The highest BCUT2D eigenvalue weighted by atomic mass is 127. The molecule has 4 N–H and O–H groups in total. The number of carboxylic acids is 1. The van der Waals surface area contributed by atoms with Gasteiger partial charge >= 0.3 is 5.97 Å². The molecule has 12 heteroatoms. The Labute approximate surface area is 227 Å². The van der Waals surface area contributed by atoms with Gasteiger partial charge in [0, 0.05) is 66.7 Å². The van der Waals surface area contributed by atoms with Crippen LogP contribution < -0.4 is 16.0 Å². The number of aromatic nitrogens is 3. The maximum Gasteiger partial charge on any atom is 0.308 e. The highest BCUT2D eigenvalue weighted by molar-refractivity contribution is 14.1. The van der Waals surface area contributed by atoms with Gasteiger partial charge in [-0.3, -0.25) is 14.6 Å². The van der Waals surface area contributed by atoms with Gasteiger partial charge in [0.05, 0.1) is 48.6 Å². The van der Waals surface area contributed by atoms with Gasteiger partial charge in [0.2, 0.25) is 0 Å². The number of hydrogen-bond acceptors (Lipinski definition) is 9. The van der Waals surface area contributed by atoms with Gasteiger partial charge in [-0.25, -0.2) is 13.1 Å². The molecule has 37 heavy (non-hydrogen) atoms. The first-order chi connectivity index (χ1) is 17.9. The zero-order valence-electron chi connectivity index (χ0n) is 19.9. The van der Waals surface area contributed by atoms with E-state index in [2.05, 4.69) is 48.0 Å². The Kier molecular flexibility index (Phi) is 7.48. The Balaban J connectivity index is 1.36. The molecule has 1 amide bonds. The second kappa shape index (κ2) is 10.9. The van der Waals surface area contributed by atoms with Crippen LogP contribution in [0.15, 0.2) is 48.9 Å². The van der Waals surface area contributed by atoms with Gasteiger partial charge in [0.15, 0.2) is 11.5 Å². The SMILES string of the molecule is Nc1ncc(-c2ccc([C@@H]3CN(I)C[C@H]3C(=O)O)cc2)nc1C(=O)Nc1cnccc1N1CCOCC1. The predicted molar refractivity (Wildman–Crippen MR) is 147 cm³/mol. The minimum absolute atomic E-state index is 0.0145. The average Bonchev–Trinajstić information content (AvgIpc) is 3.32. The van der Waals surface area contributed by atoms with Crippen molar-refractivity contribution in [2.75, 3.05) is 55.3 Å². The zero-order chi connectivity index (χ0) is 25.9. The van der Waals surface area contributed by atoms with Crippen molar-refractivity contribution in [1.29, 1.82) is 0 Å². The van der Waals surface area contributed by atoms with Crippen LogP contribution in [-0.2, 0) is 9.53 Å². The van der Waals surface area contributed by atoms with E-state index in [4.69, 9.17) is 10.5 Å². The molecule has 0 radical (unpaired) electrons. The number of carboxylic acid groups (broad SMARTS) is 1. The fourth-order valence-corrected chi connectivity index (χ4v) is 5.54. The number of amides is 1. The summed E-state index contributed by atoms with van der Waals surface area (Å²) in [7, 11) is 0. The van der Waals surface area contributed by atoms with Gasteiger partial charge in [0.1, 0.15) is 0 Å². The number of ether oxygens (including phenoxy) is 1. The van der Waals surface area contributed by atoms with Gasteiger partial charge in [0.25, 0.3) is 5.91 Å². The summed E-state index contributed by atoms with van der Waals surface area (Å²) >= 11 is 2.16. The molecule has 1 aromatic carbocycles. The molecule has 2 aliphatic heterocycles. The largest absolute Gasteiger partial charge is 0.481 e. The van der Waals surface area contributed by atoms with Crippen LogP contribution in [0.4, 0.5) is 17.2 Å². The van der Waals surface area contributed by atoms with Crippen LogP contribution in [0.3, 0.4) is 0 Å². The highest BCUT2D eigenvalue weighted by Gasteiger charge is 2.37. The van der Waals surface area contributed by atoms with Crippen molar-refractivity contribution in [3.05, 3.63) is 60.2 Å². The molecule has 0 bridgehead atoms. The van der Waals surface area contributed by atoms with Crippen LogP contribution in [0.2, 0.25) is 0 Å². The summed E-state index contributed by atoms with van der Waals surface area (Å²) in [6.07, 6.45) is 4.80. The maximum atomic E-state index is 13.2. The van der Waals surface area contributed by atoms with E-state index in [0.29, 0.717) is 50.8 Å². The summed E-state index contributed by atoms with van der Waals surface area (Å²) in [5.41, 5.74) is 9.63. The quantitative estimate of drug-likeness (QED) is 0.280. The van der Waals surface area contributed by atoms with Crippen LogP contribution >= 0.6 is 22.9 Å². The van der Waals surface area contributed by atoms with Crippen molar-refractivity contribution in [3.8, 4) is 11.3 Å². The van der Waals surface area contributed by atoms with E-state index in [1.165, 1.54) is 6.20 Å². The smallest absolute Gasteiger partial charge is 0.308 e. The lowest BCUT2D eigenvalue weighted by Gasteiger charge is -2.30. The summed E-state index contributed by atoms with van der Waals surface area (Å²) < 4.78 is 7.43. The first-order valence-corrected chi connectivity index (χ1v) is 12.8. The van der Waals surface area contributed by atoms with Gasteiger partial charge in [-0.1, -0.05) is 24.3 Å². The topological polar surface area (TPSA) is 147 Å². The van der Waals surface area contributed by atoms with Crippen LogP contribution in [0.25, 0.3) is 11.3 Å². The lowest BCUT2D eigenvalue weighted by molar-refractivity contribution is -0.141. The number of aliphatic carboxylic acids is 1. The lowest BCUT2D eigenvalue weighted by atomic mass is 9.88. The molecule has 2 atom stereocenters. The van der Waals surface area contributed by atoms with Gasteiger partial charge in [-0.2, -0.15) is 0 Å². The minimum atomic E-state index is -0.793. The fraction of sp³-hybridized carbons (Fsp3) is 0.320. The van der Waals surface area contributed by atoms with E-state index in [-0.39, 0.29) is 17.4 Å². The molecule has 2 fully saturated rings. The summed E-state index contributed by atoms with van der Waals surface area (Å²) in [5, 5.41) is 12.5. The van der Waals surface area contributed by atoms with E-state index < -0.39 is 17.8 Å². The average molecular weight is 615 g/mol. The first kappa shape index (κ1) is 25.3. The van der Waals surface area contributed by atoms with Crippen molar-refractivity contribution in [2.45, 2.75) is 5.92 Å². The molecular weight excluding hydrogens is 589 g/mol. The number of hydrogen-bond donors (Lipinski definition) is 3. The third-order valence-electron chi connectivity index (χ3n) is 6.64. The molecule has 11 nitrogen and oxygen atoms in total. The van der Waals surface area contributed by atoms with Crippen LogP contribution in [0.1, 0.15) is 22.0 Å². The number of anilines is 3. The fourth-order valence-electron chi connectivity index (χ4n) is 4.69. The summed E-state index contributed by atoms with van der Waals surface area (Å²) in [6.45, 7) is 3.83. The van der Waals surface area contributed by atoms with Crippen LogP contribution in [0, 0.1) is 5.92 Å². The van der Waals surface area contributed by atoms with E-state index in [1.807, 2.05) is 33.4 Å². The first-order valence-electron chi connectivity index (χ1n) is 11.8. The molecule has 2 saturated heterocycles. The standard InChI is InChI=1S/C25H26IN7O4/c26-33-13-17(18(14-33)25(35)36)15-1-3-16(4-2-15)19-12-29-23(27)22(30-19)24(34)31-20-11-28-6-5-21(20)32-7-9-37-10-8-32/h1-6,11-12,17-18H,7-10,13-14H2,(H2,27,29)(H,31,34)(H,35,36)/t17-,18+/m0/s1. The molecule has 192 valence electrons. The second-order valence-electron chi connectivity index (χ2n) is 8.94. The van der Waals surface area contributed by atoms with Crippen molar-refractivity contribution >= 4 is 51.9 Å². The molecule has 0 unspecified atom stereocenters.